The number of anilines is 1. The van der Waals surface area contributed by atoms with Gasteiger partial charge in [-0.2, -0.15) is 0 Å². The third kappa shape index (κ3) is 7.41. The largest absolute Gasteiger partial charge is 0.494 e. The Hall–Kier alpha value is -2.56. The minimum absolute atomic E-state index is 0.00243. The first kappa shape index (κ1) is 22.7. The molecule has 0 atom stereocenters. The maximum atomic E-state index is 12.2. The van der Waals surface area contributed by atoms with Crippen molar-refractivity contribution in [1.82, 2.24) is 14.9 Å². The highest BCUT2D eigenvalue weighted by Crippen LogP contribution is 2.20. The van der Waals surface area contributed by atoms with Crippen LogP contribution in [0, 0.1) is 0 Å². The summed E-state index contributed by atoms with van der Waals surface area (Å²) in [7, 11) is 1.55. The number of carbonyl (C=O) groups excluding carboxylic acids is 2. The van der Waals surface area contributed by atoms with Crippen LogP contribution in [0.3, 0.4) is 0 Å². The highest BCUT2D eigenvalue weighted by atomic mass is 32.2. The Morgan fingerprint density at radius 2 is 2.00 bits per heavy atom. The molecule has 0 spiro atoms. The van der Waals surface area contributed by atoms with Gasteiger partial charge in [0.05, 0.1) is 37.5 Å². The molecule has 10 heteroatoms. The zero-order chi connectivity index (χ0) is 21.1. The average molecular weight is 423 g/mol. The van der Waals surface area contributed by atoms with Gasteiger partial charge in [-0.05, 0) is 31.2 Å². The van der Waals surface area contributed by atoms with Gasteiger partial charge in [0.1, 0.15) is 12.3 Å². The number of carbonyl (C=O) groups is 2. The molecule has 0 aliphatic heterocycles. The second-order valence-corrected chi connectivity index (χ2v) is 6.86. The molecule has 2 aromatic rings. The van der Waals surface area contributed by atoms with Crippen molar-refractivity contribution in [1.29, 1.82) is 0 Å². The van der Waals surface area contributed by atoms with Crippen molar-refractivity contribution in [2.24, 2.45) is 0 Å². The van der Waals surface area contributed by atoms with Crippen molar-refractivity contribution < 1.29 is 24.2 Å². The number of imidazole rings is 1. The Morgan fingerprint density at radius 1 is 1.24 bits per heavy atom. The highest BCUT2D eigenvalue weighted by Gasteiger charge is 2.15. The van der Waals surface area contributed by atoms with Gasteiger partial charge < -0.3 is 29.8 Å². The van der Waals surface area contributed by atoms with Gasteiger partial charge in [0.25, 0.3) is 0 Å². The van der Waals surface area contributed by atoms with Crippen LogP contribution in [-0.4, -0.2) is 59.1 Å². The lowest BCUT2D eigenvalue weighted by Gasteiger charge is -2.11. The molecule has 3 N–H and O–H groups in total. The minimum Gasteiger partial charge on any atom is -0.494 e. The predicted octanol–water partition coefficient (Wildman–Crippen LogP) is 1.27. The van der Waals surface area contributed by atoms with Crippen LogP contribution in [0.25, 0.3) is 0 Å². The number of methoxy groups -OCH3 is 1. The second kappa shape index (κ2) is 12.1. The lowest BCUT2D eigenvalue weighted by molar-refractivity contribution is -0.122. The number of rotatable bonds is 12. The van der Waals surface area contributed by atoms with Crippen LogP contribution in [0.2, 0.25) is 0 Å². The average Bonchev–Trinajstić information content (AvgIpc) is 3.10. The highest BCUT2D eigenvalue weighted by molar-refractivity contribution is 7.99. The monoisotopic (exact) mass is 422 g/mol. The maximum absolute atomic E-state index is 12.2. The summed E-state index contributed by atoms with van der Waals surface area (Å²) in [4.78, 5) is 28.5. The number of hydrogen-bond acceptors (Lipinski definition) is 7. The molecule has 9 nitrogen and oxygen atoms in total. The van der Waals surface area contributed by atoms with E-state index >= 15 is 0 Å². The van der Waals surface area contributed by atoms with Crippen molar-refractivity contribution in [2.75, 3.05) is 37.9 Å². The van der Waals surface area contributed by atoms with Crippen LogP contribution in [-0.2, 0) is 27.5 Å². The Bertz CT molecular complexity index is 794. The number of benzene rings is 1. The van der Waals surface area contributed by atoms with Crippen LogP contribution >= 0.6 is 11.8 Å². The van der Waals surface area contributed by atoms with E-state index in [0.29, 0.717) is 36.3 Å². The molecule has 1 aromatic carbocycles. The van der Waals surface area contributed by atoms with Crippen molar-refractivity contribution in [2.45, 2.75) is 25.2 Å². The van der Waals surface area contributed by atoms with Crippen molar-refractivity contribution in [3.63, 3.8) is 0 Å². The Labute approximate surface area is 173 Å². The topological polar surface area (TPSA) is 115 Å². The third-order valence-corrected chi connectivity index (χ3v) is 4.77. The fourth-order valence-electron chi connectivity index (χ4n) is 2.42. The fourth-order valence-corrected chi connectivity index (χ4v) is 3.22. The minimum atomic E-state index is -0.253. The van der Waals surface area contributed by atoms with Crippen LogP contribution in [0.1, 0.15) is 12.6 Å². The summed E-state index contributed by atoms with van der Waals surface area (Å²) >= 11 is 1.19. The molecule has 2 amide bonds. The molecule has 0 bridgehead atoms. The molecule has 0 saturated carbocycles. The van der Waals surface area contributed by atoms with E-state index in [9.17, 15) is 14.7 Å². The SMILES string of the molecule is CCOc1ccc(NC(=O)CSc2ncc(CO)n2CC(=O)NCCOC)cc1. The molecule has 0 unspecified atom stereocenters. The standard InChI is InChI=1S/C19H26N4O5S/c1-3-28-16-6-4-14(5-7-16)22-18(26)13-29-19-21-10-15(12-24)23(19)11-17(25)20-8-9-27-2/h4-7,10,24H,3,8-9,11-13H2,1-2H3,(H,20,25)(H,22,26). The van der Waals surface area contributed by atoms with E-state index in [0.717, 1.165) is 5.75 Å². The van der Waals surface area contributed by atoms with Crippen molar-refractivity contribution in [3.05, 3.63) is 36.2 Å². The number of aliphatic hydroxyl groups is 1. The molecule has 1 heterocycles. The summed E-state index contributed by atoms with van der Waals surface area (Å²) in [5.41, 5.74) is 1.16. The summed E-state index contributed by atoms with van der Waals surface area (Å²) in [6.45, 7) is 3.04. The molecule has 0 aliphatic carbocycles. The summed E-state index contributed by atoms with van der Waals surface area (Å²) in [5, 5.41) is 15.5. The number of amides is 2. The number of thioether (sulfide) groups is 1. The van der Waals surface area contributed by atoms with Gasteiger partial charge >= 0.3 is 0 Å². The summed E-state index contributed by atoms with van der Waals surface area (Å²) in [6.07, 6.45) is 1.50. The number of nitrogens with zero attached hydrogens (tertiary/aromatic N) is 2. The molecule has 2 rings (SSSR count). The van der Waals surface area contributed by atoms with E-state index in [2.05, 4.69) is 15.6 Å². The van der Waals surface area contributed by atoms with Gasteiger partial charge in [-0.25, -0.2) is 4.98 Å². The number of aliphatic hydroxyl groups excluding tert-OH is 1. The number of aromatic nitrogens is 2. The molecule has 29 heavy (non-hydrogen) atoms. The normalized spacial score (nSPS) is 10.6. The maximum Gasteiger partial charge on any atom is 0.240 e. The van der Waals surface area contributed by atoms with E-state index < -0.39 is 0 Å². The smallest absolute Gasteiger partial charge is 0.240 e. The van der Waals surface area contributed by atoms with Gasteiger partial charge in [-0.3, -0.25) is 9.59 Å². The number of nitrogens with one attached hydrogen (secondary N) is 2. The molecule has 158 valence electrons. The lowest BCUT2D eigenvalue weighted by Crippen LogP contribution is -2.31. The predicted molar refractivity (Wildman–Crippen MR) is 110 cm³/mol. The Kier molecular flexibility index (Phi) is 9.48. The summed E-state index contributed by atoms with van der Waals surface area (Å²) < 4.78 is 11.9. The quantitative estimate of drug-likeness (QED) is 0.348. The van der Waals surface area contributed by atoms with Gasteiger partial charge in [-0.1, -0.05) is 11.8 Å². The van der Waals surface area contributed by atoms with E-state index in [1.807, 2.05) is 6.92 Å². The van der Waals surface area contributed by atoms with E-state index in [4.69, 9.17) is 9.47 Å². The van der Waals surface area contributed by atoms with E-state index in [-0.39, 0.29) is 30.7 Å². The second-order valence-electron chi connectivity index (χ2n) is 5.91. The third-order valence-electron chi connectivity index (χ3n) is 3.78. The molecular weight excluding hydrogens is 396 g/mol. The molecule has 0 saturated heterocycles. The first-order chi connectivity index (χ1) is 14.1. The summed E-state index contributed by atoms with van der Waals surface area (Å²) in [6, 6.07) is 7.11. The van der Waals surface area contributed by atoms with E-state index in [1.54, 1.807) is 35.9 Å². The van der Waals surface area contributed by atoms with Crippen molar-refractivity contribution >= 4 is 29.3 Å². The molecular formula is C19H26N4O5S. The van der Waals surface area contributed by atoms with Gasteiger partial charge in [0.2, 0.25) is 11.8 Å². The number of hydrogen-bond donors (Lipinski definition) is 3. The summed E-state index contributed by atoms with van der Waals surface area (Å²) in [5.74, 6) is 0.418. The lowest BCUT2D eigenvalue weighted by atomic mass is 10.3. The first-order valence-electron chi connectivity index (χ1n) is 9.13. The molecule has 0 fully saturated rings. The fraction of sp³-hybridized carbons (Fsp3) is 0.421. The Morgan fingerprint density at radius 3 is 2.66 bits per heavy atom. The van der Waals surface area contributed by atoms with Crippen LogP contribution < -0.4 is 15.4 Å². The van der Waals surface area contributed by atoms with Gasteiger partial charge in [-0.15, -0.1) is 0 Å². The van der Waals surface area contributed by atoms with Crippen LogP contribution in [0.4, 0.5) is 5.69 Å². The molecule has 0 aliphatic rings. The number of ether oxygens (including phenoxy) is 2. The first-order valence-corrected chi connectivity index (χ1v) is 10.1. The van der Waals surface area contributed by atoms with Crippen LogP contribution in [0.15, 0.2) is 35.6 Å². The zero-order valence-electron chi connectivity index (χ0n) is 16.5. The molecule has 0 radical (unpaired) electrons. The molecule has 1 aromatic heterocycles. The van der Waals surface area contributed by atoms with Gasteiger partial charge in [0, 0.05) is 19.3 Å². The zero-order valence-corrected chi connectivity index (χ0v) is 17.3. The van der Waals surface area contributed by atoms with Crippen LogP contribution in [0.5, 0.6) is 5.75 Å². The van der Waals surface area contributed by atoms with Gasteiger partial charge in [0.15, 0.2) is 5.16 Å². The Balaban J connectivity index is 1.91. The van der Waals surface area contributed by atoms with E-state index in [1.165, 1.54) is 18.0 Å². The van der Waals surface area contributed by atoms with Crippen molar-refractivity contribution in [3.8, 4) is 5.75 Å².